The zero-order valence-corrected chi connectivity index (χ0v) is 25.0. The minimum absolute atomic E-state index is 0.0415. The molecule has 1 nitrogen and oxygen atoms in total. The van der Waals surface area contributed by atoms with Gasteiger partial charge in [-0.05, 0) is 88.7 Å². The summed E-state index contributed by atoms with van der Waals surface area (Å²) in [6.07, 6.45) is 3.13. The molecule has 0 aliphatic rings. The molecule has 0 aliphatic carbocycles. The van der Waals surface area contributed by atoms with Gasteiger partial charge in [0.15, 0.2) is 0 Å². The molecule has 0 amide bonds. The van der Waals surface area contributed by atoms with Gasteiger partial charge in [0.25, 0.3) is 0 Å². The quantitative estimate of drug-likeness (QED) is 0.220. The van der Waals surface area contributed by atoms with Crippen molar-refractivity contribution in [3.05, 3.63) is 88.4 Å². The summed E-state index contributed by atoms with van der Waals surface area (Å²) in [5.74, 6) is 0.657. The highest BCUT2D eigenvalue weighted by Crippen LogP contribution is 2.47. The highest BCUT2D eigenvalue weighted by Gasteiger charge is 2.22. The number of aromatic nitrogens is 1. The van der Waals surface area contributed by atoms with Crippen molar-refractivity contribution in [1.29, 1.82) is 0 Å². The first-order valence-electron chi connectivity index (χ1n) is 13.6. The van der Waals surface area contributed by atoms with Gasteiger partial charge in [-0.3, -0.25) is 4.98 Å². The number of aryl methyl sites for hydroxylation is 2. The molecule has 38 heavy (non-hydrogen) atoms. The second kappa shape index (κ2) is 9.32. The fraction of sp³-hybridized carbons (Fsp3) is 0.286. The Morgan fingerprint density at radius 2 is 1.63 bits per heavy atom. The van der Waals surface area contributed by atoms with Crippen LogP contribution in [0, 0.1) is 19.8 Å². The van der Waals surface area contributed by atoms with Gasteiger partial charge in [0.05, 0.1) is 10.4 Å². The topological polar surface area (TPSA) is 12.9 Å². The summed E-state index contributed by atoms with van der Waals surface area (Å²) in [4.78, 5) is 7.88. The molecular weight excluding hydrogens is 499 g/mol. The molecule has 0 bridgehead atoms. The lowest BCUT2D eigenvalue weighted by Gasteiger charge is -2.22. The molecule has 0 saturated carbocycles. The normalized spacial score (nSPS) is 12.4. The molecule has 0 radical (unpaired) electrons. The van der Waals surface area contributed by atoms with E-state index in [-0.39, 0.29) is 5.41 Å². The van der Waals surface area contributed by atoms with Crippen LogP contribution in [0.25, 0.3) is 52.6 Å². The van der Waals surface area contributed by atoms with Gasteiger partial charge >= 0.3 is 0 Å². The smallest absolute Gasteiger partial charge is 0.0880 e. The predicted octanol–water partition coefficient (Wildman–Crippen LogP) is 11.1. The number of hydrogen-bond donors (Lipinski definition) is 0. The number of benzene rings is 3. The monoisotopic (exact) mass is 533 g/mol. The van der Waals surface area contributed by atoms with Crippen LogP contribution in [0.3, 0.4) is 0 Å². The van der Waals surface area contributed by atoms with Crippen molar-refractivity contribution in [3.8, 4) is 21.7 Å². The van der Waals surface area contributed by atoms with Crippen molar-refractivity contribution in [2.45, 2.75) is 60.3 Å². The van der Waals surface area contributed by atoms with Crippen LogP contribution >= 0.6 is 22.7 Å². The Morgan fingerprint density at radius 1 is 0.842 bits per heavy atom. The van der Waals surface area contributed by atoms with E-state index in [1.54, 1.807) is 0 Å². The van der Waals surface area contributed by atoms with E-state index in [9.17, 15) is 0 Å². The van der Waals surface area contributed by atoms with E-state index in [4.69, 9.17) is 4.98 Å². The maximum absolute atomic E-state index is 4.98. The van der Waals surface area contributed by atoms with Gasteiger partial charge in [0.2, 0.25) is 0 Å². The number of thiophene rings is 2. The van der Waals surface area contributed by atoms with E-state index in [1.165, 1.54) is 68.5 Å². The standard InChI is InChI=1S/C35H35NS2/c1-20(2)17-30-22(4)31-27(13-10-14-29(31)37-30)33-21(3)25-15-16-36-32(34(25)38-33)24-18-23-11-8-9-12-26(23)28(19-24)35(5,6)7/h8-16,18-20H,17H2,1-7H3. The summed E-state index contributed by atoms with van der Waals surface area (Å²) in [6, 6.07) is 22.5. The number of pyridine rings is 1. The van der Waals surface area contributed by atoms with Gasteiger partial charge in [-0.1, -0.05) is 71.0 Å². The van der Waals surface area contributed by atoms with E-state index in [1.807, 2.05) is 28.9 Å². The summed E-state index contributed by atoms with van der Waals surface area (Å²) < 4.78 is 2.68. The summed E-state index contributed by atoms with van der Waals surface area (Å²) in [6.45, 7) is 16.1. The second-order valence-electron chi connectivity index (χ2n) is 12.0. The van der Waals surface area contributed by atoms with Crippen LogP contribution in [0.2, 0.25) is 0 Å². The fourth-order valence-electron chi connectivity index (χ4n) is 5.78. The fourth-order valence-corrected chi connectivity index (χ4v) is 8.58. The van der Waals surface area contributed by atoms with Crippen molar-refractivity contribution in [2.24, 2.45) is 5.92 Å². The first-order valence-corrected chi connectivity index (χ1v) is 15.2. The zero-order chi connectivity index (χ0) is 26.8. The molecule has 6 aromatic rings. The molecular formula is C35H35NS2. The first kappa shape index (κ1) is 25.3. The van der Waals surface area contributed by atoms with E-state index < -0.39 is 0 Å². The lowest BCUT2D eigenvalue weighted by atomic mass is 9.82. The van der Waals surface area contributed by atoms with Crippen LogP contribution in [0.1, 0.15) is 56.2 Å². The summed E-state index contributed by atoms with van der Waals surface area (Å²) in [5.41, 5.74) is 7.88. The molecule has 192 valence electrons. The van der Waals surface area contributed by atoms with Crippen LogP contribution in [0.5, 0.6) is 0 Å². The van der Waals surface area contributed by atoms with Gasteiger partial charge in [0.1, 0.15) is 0 Å². The third-order valence-corrected chi connectivity index (χ3v) is 10.3. The van der Waals surface area contributed by atoms with E-state index >= 15 is 0 Å². The Labute approximate surface area is 234 Å². The largest absolute Gasteiger partial charge is 0.255 e. The SMILES string of the molecule is Cc1c(-c2cccc3sc(CC(C)C)c(C)c23)sc2c(-c3cc(C(C)(C)C)c4ccccc4c3)nccc12. The van der Waals surface area contributed by atoms with E-state index in [0.29, 0.717) is 5.92 Å². The van der Waals surface area contributed by atoms with Gasteiger partial charge < -0.3 is 0 Å². The van der Waals surface area contributed by atoms with E-state index in [0.717, 1.165) is 12.1 Å². The Balaban J connectivity index is 1.59. The Kier molecular flexibility index (Phi) is 6.20. The van der Waals surface area contributed by atoms with Gasteiger partial charge in [-0.25, -0.2) is 0 Å². The van der Waals surface area contributed by atoms with Crippen molar-refractivity contribution < 1.29 is 0 Å². The van der Waals surface area contributed by atoms with Crippen LogP contribution < -0.4 is 0 Å². The number of fused-ring (bicyclic) bond motifs is 3. The average molecular weight is 534 g/mol. The van der Waals surface area contributed by atoms with Gasteiger partial charge in [-0.15, -0.1) is 22.7 Å². The molecule has 0 aliphatic heterocycles. The maximum atomic E-state index is 4.98. The molecule has 0 unspecified atom stereocenters. The van der Waals surface area contributed by atoms with Crippen molar-refractivity contribution >= 4 is 53.6 Å². The highest BCUT2D eigenvalue weighted by molar-refractivity contribution is 7.23. The van der Waals surface area contributed by atoms with Crippen molar-refractivity contribution in [3.63, 3.8) is 0 Å². The minimum atomic E-state index is 0.0415. The highest BCUT2D eigenvalue weighted by atomic mass is 32.1. The number of rotatable bonds is 4. The molecule has 0 N–H and O–H groups in total. The Morgan fingerprint density at radius 3 is 2.39 bits per heavy atom. The molecule has 6 rings (SSSR count). The first-order chi connectivity index (χ1) is 18.1. The Hall–Kier alpha value is -3.01. The van der Waals surface area contributed by atoms with Crippen molar-refractivity contribution in [2.75, 3.05) is 0 Å². The lowest BCUT2D eigenvalue weighted by Crippen LogP contribution is -2.12. The molecule has 3 heterocycles. The van der Waals surface area contributed by atoms with Gasteiger partial charge in [-0.2, -0.15) is 0 Å². The molecule has 3 heteroatoms. The molecule has 3 aromatic carbocycles. The van der Waals surface area contributed by atoms with Gasteiger partial charge in [0, 0.05) is 37.2 Å². The molecule has 3 aromatic heterocycles. The lowest BCUT2D eigenvalue weighted by molar-refractivity contribution is 0.596. The zero-order valence-electron chi connectivity index (χ0n) is 23.4. The predicted molar refractivity (Wildman–Crippen MR) is 170 cm³/mol. The Bertz CT molecular complexity index is 1820. The maximum Gasteiger partial charge on any atom is 0.0880 e. The summed E-state index contributed by atoms with van der Waals surface area (Å²) >= 11 is 3.88. The molecule has 0 saturated heterocycles. The molecule has 0 spiro atoms. The van der Waals surface area contributed by atoms with Crippen LogP contribution in [-0.4, -0.2) is 4.98 Å². The van der Waals surface area contributed by atoms with Crippen LogP contribution in [0.4, 0.5) is 0 Å². The molecule has 0 atom stereocenters. The number of nitrogens with zero attached hydrogens (tertiary/aromatic N) is 1. The summed E-state index contributed by atoms with van der Waals surface area (Å²) in [7, 11) is 0. The number of hydrogen-bond acceptors (Lipinski definition) is 3. The molecule has 0 fully saturated rings. The van der Waals surface area contributed by atoms with Crippen LogP contribution in [-0.2, 0) is 11.8 Å². The van der Waals surface area contributed by atoms with E-state index in [2.05, 4.69) is 109 Å². The van der Waals surface area contributed by atoms with Crippen molar-refractivity contribution in [1.82, 2.24) is 4.98 Å². The summed E-state index contributed by atoms with van der Waals surface area (Å²) in [5, 5.41) is 5.35. The second-order valence-corrected chi connectivity index (χ2v) is 14.2. The third kappa shape index (κ3) is 4.17. The average Bonchev–Trinajstić information content (AvgIpc) is 3.38. The third-order valence-electron chi connectivity index (χ3n) is 7.69. The minimum Gasteiger partial charge on any atom is -0.255 e. The van der Waals surface area contributed by atoms with Crippen LogP contribution in [0.15, 0.2) is 66.9 Å².